The van der Waals surface area contributed by atoms with E-state index in [1.165, 1.54) is 0 Å². The first-order valence-corrected chi connectivity index (χ1v) is 8.62. The quantitative estimate of drug-likeness (QED) is 0.0666. The molecule has 0 amide bonds. The number of aliphatic hydroxyl groups excluding tert-OH is 1. The Morgan fingerprint density at radius 3 is 2.94 bits per heavy atom. The van der Waals surface area contributed by atoms with Gasteiger partial charge < -0.3 is 0 Å². The molecule has 2 aliphatic rings. The van der Waals surface area contributed by atoms with Crippen LogP contribution in [0.1, 0.15) is 19.8 Å². The third kappa shape index (κ3) is 3.45. The SMILES string of the molecule is [B]C1(C(I)C(O)OC2(C)CCOC(=O)C2)N[I-]1. The van der Waals surface area contributed by atoms with Gasteiger partial charge in [0.25, 0.3) is 0 Å². The van der Waals surface area contributed by atoms with Crippen LogP contribution in [-0.2, 0) is 14.3 Å². The molecular formula is C9H13BI2NO4-. The molecule has 0 bridgehead atoms. The van der Waals surface area contributed by atoms with Crippen molar-refractivity contribution in [3.63, 3.8) is 0 Å². The maximum atomic E-state index is 11.2. The molecule has 4 unspecified atom stereocenters. The number of rotatable bonds is 4. The fourth-order valence-corrected chi connectivity index (χ4v) is 4.58. The van der Waals surface area contributed by atoms with Crippen molar-refractivity contribution in [3.8, 4) is 0 Å². The third-order valence-corrected chi connectivity index (χ3v) is 8.03. The molecule has 0 aromatic carbocycles. The molecule has 2 heterocycles. The van der Waals surface area contributed by atoms with Crippen LogP contribution in [0, 0.1) is 0 Å². The summed E-state index contributed by atoms with van der Waals surface area (Å²) in [6.45, 7) is 2.16. The number of halogens is 2. The van der Waals surface area contributed by atoms with E-state index in [1.54, 1.807) is 0 Å². The Hall–Kier alpha value is 0.875. The van der Waals surface area contributed by atoms with Crippen molar-refractivity contribution >= 4 is 36.4 Å². The number of carbonyl (C=O) groups is 1. The van der Waals surface area contributed by atoms with E-state index < -0.39 is 15.3 Å². The number of hydrogen-bond donors (Lipinski definition) is 2. The maximum absolute atomic E-state index is 11.2. The van der Waals surface area contributed by atoms with Crippen molar-refractivity contribution < 1.29 is 40.9 Å². The zero-order valence-corrected chi connectivity index (χ0v) is 13.6. The molecule has 4 atom stereocenters. The molecule has 2 radical (unpaired) electrons. The van der Waals surface area contributed by atoms with Gasteiger partial charge in [0.15, 0.2) is 0 Å². The van der Waals surface area contributed by atoms with Crippen LogP contribution in [0.2, 0.25) is 0 Å². The first-order valence-electron chi connectivity index (χ1n) is 5.21. The monoisotopic (exact) mass is 464 g/mol. The molecule has 0 aromatic heterocycles. The number of alkyl halides is 2. The Morgan fingerprint density at radius 2 is 2.41 bits per heavy atom. The molecule has 5 nitrogen and oxygen atoms in total. The van der Waals surface area contributed by atoms with Gasteiger partial charge in [-0.15, -0.1) is 0 Å². The fourth-order valence-electron chi connectivity index (χ4n) is 1.64. The van der Waals surface area contributed by atoms with Crippen LogP contribution >= 0.6 is 22.6 Å². The molecule has 0 spiro atoms. The Labute approximate surface area is 126 Å². The summed E-state index contributed by atoms with van der Waals surface area (Å²) < 4.78 is 12.9. The number of cyclic esters (lactones) is 1. The summed E-state index contributed by atoms with van der Waals surface area (Å²) in [4.78, 5) is 11.2. The van der Waals surface area contributed by atoms with Gasteiger partial charge in [-0.05, 0) is 0 Å². The molecule has 17 heavy (non-hydrogen) atoms. The second kappa shape index (κ2) is 5.10. The molecule has 0 aliphatic carbocycles. The minimum atomic E-state index is -0.966. The predicted octanol–water partition coefficient (Wildman–Crippen LogP) is -3.35. The average molecular weight is 464 g/mol. The van der Waals surface area contributed by atoms with Crippen LogP contribution < -0.4 is 25.0 Å². The van der Waals surface area contributed by atoms with Gasteiger partial charge in [0, 0.05) is 0 Å². The van der Waals surface area contributed by atoms with E-state index in [-0.39, 0.29) is 37.8 Å². The molecule has 2 aliphatic heterocycles. The summed E-state index contributed by atoms with van der Waals surface area (Å²) in [6.07, 6.45) is -0.196. The average Bonchev–Trinajstić information content (AvgIpc) is 2.95. The molecule has 0 aromatic rings. The summed E-state index contributed by atoms with van der Waals surface area (Å²) >= 11 is 1.85. The Balaban J connectivity index is 1.92. The number of esters is 1. The molecule has 8 heteroatoms. The van der Waals surface area contributed by atoms with Crippen molar-refractivity contribution in [1.29, 1.82) is 0 Å². The predicted molar refractivity (Wildman–Crippen MR) is 65.1 cm³/mol. The number of nitrogens with one attached hydrogen (secondary N) is 1. The summed E-state index contributed by atoms with van der Waals surface area (Å²) in [5.74, 6) is -0.282. The van der Waals surface area contributed by atoms with Crippen molar-refractivity contribution in [2.45, 2.75) is 39.0 Å². The third-order valence-electron chi connectivity index (χ3n) is 2.78. The van der Waals surface area contributed by atoms with Crippen LogP contribution in [0.25, 0.3) is 0 Å². The molecule has 2 saturated heterocycles. The van der Waals surface area contributed by atoms with Gasteiger partial charge in [-0.2, -0.15) is 0 Å². The van der Waals surface area contributed by atoms with Gasteiger partial charge in [-0.1, -0.05) is 0 Å². The van der Waals surface area contributed by atoms with Crippen LogP contribution in [0.3, 0.4) is 0 Å². The Kier molecular flexibility index (Phi) is 4.29. The van der Waals surface area contributed by atoms with Crippen LogP contribution in [0.4, 0.5) is 0 Å². The molecular weight excluding hydrogens is 451 g/mol. The first-order chi connectivity index (χ1) is 7.85. The van der Waals surface area contributed by atoms with E-state index in [4.69, 9.17) is 17.3 Å². The van der Waals surface area contributed by atoms with Crippen LogP contribution in [-0.4, -0.2) is 44.8 Å². The topological polar surface area (TPSA) is 77.7 Å². The molecule has 96 valence electrons. The number of hydrogen-bond acceptors (Lipinski definition) is 5. The normalized spacial score (nSPS) is 41.0. The zero-order valence-electron chi connectivity index (χ0n) is 9.28. The van der Waals surface area contributed by atoms with Crippen molar-refractivity contribution in [3.05, 3.63) is 0 Å². The second-order valence-corrected chi connectivity index (χ2v) is 8.67. The van der Waals surface area contributed by atoms with Crippen molar-refractivity contribution in [2.24, 2.45) is 0 Å². The summed E-state index contributed by atoms with van der Waals surface area (Å²) in [5, 5.41) is 10.0. The van der Waals surface area contributed by atoms with Gasteiger partial charge in [-0.25, -0.2) is 0 Å². The van der Waals surface area contributed by atoms with Gasteiger partial charge >= 0.3 is 126 Å². The Morgan fingerprint density at radius 1 is 1.76 bits per heavy atom. The summed E-state index contributed by atoms with van der Waals surface area (Å²) in [5.41, 5.74) is -0.651. The van der Waals surface area contributed by atoms with E-state index in [2.05, 4.69) is 26.1 Å². The van der Waals surface area contributed by atoms with E-state index in [0.29, 0.717) is 13.0 Å². The van der Waals surface area contributed by atoms with E-state index in [0.717, 1.165) is 0 Å². The van der Waals surface area contributed by atoms with Crippen LogP contribution in [0.5, 0.6) is 0 Å². The number of aliphatic hydroxyl groups is 1. The number of carbonyl (C=O) groups excluding carboxylic acids is 1. The molecule has 2 fully saturated rings. The van der Waals surface area contributed by atoms with Crippen molar-refractivity contribution in [1.82, 2.24) is 3.53 Å². The summed E-state index contributed by atoms with van der Waals surface area (Å²) in [7, 11) is 5.97. The Bertz CT molecular complexity index is 328. The fraction of sp³-hybridized carbons (Fsp3) is 0.889. The van der Waals surface area contributed by atoms with E-state index >= 15 is 0 Å². The summed E-state index contributed by atoms with van der Waals surface area (Å²) in [6, 6.07) is 0. The van der Waals surface area contributed by atoms with Crippen molar-refractivity contribution in [2.75, 3.05) is 6.61 Å². The zero-order chi connectivity index (χ0) is 12.7. The van der Waals surface area contributed by atoms with Crippen LogP contribution in [0.15, 0.2) is 0 Å². The molecule has 0 saturated carbocycles. The number of ether oxygens (including phenoxy) is 2. The van der Waals surface area contributed by atoms with Gasteiger partial charge in [-0.3, -0.25) is 0 Å². The van der Waals surface area contributed by atoms with Gasteiger partial charge in [0.2, 0.25) is 0 Å². The van der Waals surface area contributed by atoms with Gasteiger partial charge in [0.05, 0.1) is 0 Å². The van der Waals surface area contributed by atoms with E-state index in [1.807, 2.05) is 6.92 Å². The van der Waals surface area contributed by atoms with Gasteiger partial charge in [0.1, 0.15) is 0 Å². The first kappa shape index (κ1) is 14.3. The molecule has 2 N–H and O–H groups in total. The van der Waals surface area contributed by atoms with E-state index in [9.17, 15) is 9.90 Å². The standard InChI is InChI=1S/C9H13BI2NO4/c1-8(2-3-16-5(14)4-8)17-7(15)6(11)9(10)12-13-9/h6-7,13,15H,2-4H2,1H3/q-1. The minimum absolute atomic E-state index is 0.174. The molecule has 2 rings (SSSR count). The second-order valence-electron chi connectivity index (χ2n) is 4.46.